The molecule has 0 spiro atoms. The Bertz CT molecular complexity index is 558. The van der Waals surface area contributed by atoms with Gasteiger partial charge in [-0.3, -0.25) is 19.5 Å². The van der Waals surface area contributed by atoms with E-state index in [9.17, 15) is 9.59 Å². The fourth-order valence-electron chi connectivity index (χ4n) is 4.08. The van der Waals surface area contributed by atoms with Gasteiger partial charge in [0.15, 0.2) is 5.96 Å². The normalized spacial score (nSPS) is 25.4. The maximum atomic E-state index is 12.3. The van der Waals surface area contributed by atoms with Crippen LogP contribution in [0.3, 0.4) is 0 Å². The van der Waals surface area contributed by atoms with Gasteiger partial charge in [-0.05, 0) is 31.7 Å². The van der Waals surface area contributed by atoms with Gasteiger partial charge in [-0.1, -0.05) is 6.92 Å². The van der Waals surface area contributed by atoms with Crippen LogP contribution in [0.4, 0.5) is 0 Å². The van der Waals surface area contributed by atoms with E-state index in [4.69, 9.17) is 4.74 Å². The van der Waals surface area contributed by atoms with Crippen molar-refractivity contribution in [2.75, 3.05) is 61.0 Å². The molecule has 2 rings (SSSR count). The molecule has 1 N–H and O–H groups in total. The number of guanidine groups is 1. The van der Waals surface area contributed by atoms with Crippen molar-refractivity contribution in [2.45, 2.75) is 32.2 Å². The fourth-order valence-corrected chi connectivity index (χ4v) is 4.08. The zero-order chi connectivity index (χ0) is 20.0. The minimum Gasteiger partial charge on any atom is -0.469 e. The molecule has 2 fully saturated rings. The molecule has 8 nitrogen and oxygen atoms in total. The highest BCUT2D eigenvalue weighted by atomic mass is 127. The number of carbonyl (C=O) groups is 2. The number of likely N-dealkylation sites (tertiary alicyclic amines) is 2. The number of rotatable bonds is 6. The van der Waals surface area contributed by atoms with Gasteiger partial charge in [-0.25, -0.2) is 0 Å². The van der Waals surface area contributed by atoms with E-state index < -0.39 is 0 Å². The molecule has 2 aliphatic rings. The van der Waals surface area contributed by atoms with Gasteiger partial charge in [-0.15, -0.1) is 24.0 Å². The van der Waals surface area contributed by atoms with Crippen LogP contribution in [0.2, 0.25) is 0 Å². The van der Waals surface area contributed by atoms with Crippen LogP contribution in [-0.2, 0) is 14.3 Å². The molecule has 2 saturated heterocycles. The van der Waals surface area contributed by atoms with E-state index in [2.05, 4.69) is 27.0 Å². The van der Waals surface area contributed by atoms with Gasteiger partial charge in [-0.2, -0.15) is 0 Å². The van der Waals surface area contributed by atoms with Crippen LogP contribution in [0, 0.1) is 11.8 Å². The second kappa shape index (κ2) is 11.8. The highest BCUT2D eigenvalue weighted by Crippen LogP contribution is 2.24. The van der Waals surface area contributed by atoms with Crippen molar-refractivity contribution in [3.8, 4) is 0 Å². The first-order valence-electron chi connectivity index (χ1n) is 9.87. The molecule has 9 heteroatoms. The van der Waals surface area contributed by atoms with Crippen molar-refractivity contribution in [3.05, 3.63) is 0 Å². The molecular formula is C19H36IN5O3. The van der Waals surface area contributed by atoms with E-state index in [0.717, 1.165) is 51.4 Å². The molecule has 2 aliphatic heterocycles. The van der Waals surface area contributed by atoms with E-state index >= 15 is 0 Å². The molecule has 162 valence electrons. The number of hydrogen-bond donors (Lipinski definition) is 1. The molecule has 3 unspecified atom stereocenters. The third-order valence-corrected chi connectivity index (χ3v) is 5.62. The van der Waals surface area contributed by atoms with Gasteiger partial charge < -0.3 is 19.9 Å². The maximum Gasteiger partial charge on any atom is 0.310 e. The predicted molar refractivity (Wildman–Crippen MR) is 121 cm³/mol. The van der Waals surface area contributed by atoms with Crippen molar-refractivity contribution in [2.24, 2.45) is 16.8 Å². The number of carbonyl (C=O) groups excluding carboxylic acids is 2. The number of esters is 1. The van der Waals surface area contributed by atoms with E-state index in [0.29, 0.717) is 6.54 Å². The Balaban J connectivity index is 0.00000392. The average Bonchev–Trinajstić information content (AvgIpc) is 3.27. The average molecular weight is 509 g/mol. The van der Waals surface area contributed by atoms with Crippen LogP contribution in [0.15, 0.2) is 4.99 Å². The Kier molecular flexibility index (Phi) is 10.5. The largest absolute Gasteiger partial charge is 0.469 e. The van der Waals surface area contributed by atoms with Crippen LogP contribution in [0.1, 0.15) is 26.2 Å². The van der Waals surface area contributed by atoms with Crippen LogP contribution in [0.25, 0.3) is 0 Å². The molecule has 0 bridgehead atoms. The molecule has 0 aliphatic carbocycles. The monoisotopic (exact) mass is 509 g/mol. The summed E-state index contributed by atoms with van der Waals surface area (Å²) in [7, 11) is 6.86. The standard InChI is InChI=1S/C19H35N5O3.HI/c1-14-12-24(13-15(14)18(26)27-5)19(20-2)21-9-7-11-23-10-6-8-16(23)17(25)22(3)4;/h14-16H,6-13H2,1-5H3,(H,20,21);1H. The Hall–Kier alpha value is -1.10. The summed E-state index contributed by atoms with van der Waals surface area (Å²) in [5.41, 5.74) is 0. The van der Waals surface area contributed by atoms with Gasteiger partial charge >= 0.3 is 5.97 Å². The van der Waals surface area contributed by atoms with E-state index in [1.54, 1.807) is 11.9 Å². The number of nitrogens with zero attached hydrogens (tertiary/aromatic N) is 4. The minimum absolute atomic E-state index is 0. The Morgan fingerprint density at radius 2 is 2.00 bits per heavy atom. The summed E-state index contributed by atoms with van der Waals surface area (Å²) in [5, 5.41) is 3.40. The second-order valence-corrected chi connectivity index (χ2v) is 7.77. The predicted octanol–water partition coefficient (Wildman–Crippen LogP) is 0.863. The van der Waals surface area contributed by atoms with E-state index in [1.165, 1.54) is 7.11 Å². The quantitative estimate of drug-likeness (QED) is 0.188. The minimum atomic E-state index is -0.147. The van der Waals surface area contributed by atoms with Crippen LogP contribution >= 0.6 is 24.0 Å². The third-order valence-electron chi connectivity index (χ3n) is 5.62. The lowest BCUT2D eigenvalue weighted by atomic mass is 9.99. The molecule has 2 heterocycles. The highest BCUT2D eigenvalue weighted by molar-refractivity contribution is 14.0. The first-order chi connectivity index (χ1) is 12.9. The lowest BCUT2D eigenvalue weighted by Gasteiger charge is -2.26. The number of hydrogen-bond acceptors (Lipinski definition) is 5. The molecule has 0 radical (unpaired) electrons. The molecule has 1 amide bonds. The van der Waals surface area contributed by atoms with Gasteiger partial charge in [0.25, 0.3) is 0 Å². The molecule has 0 saturated carbocycles. The van der Waals surface area contributed by atoms with Crippen molar-refractivity contribution in [1.82, 2.24) is 20.0 Å². The number of aliphatic imine (C=N–C) groups is 1. The van der Waals surface area contributed by atoms with Gasteiger partial charge in [0.2, 0.25) is 5.91 Å². The number of likely N-dealkylation sites (N-methyl/N-ethyl adjacent to an activating group) is 1. The van der Waals surface area contributed by atoms with Gasteiger partial charge in [0.05, 0.1) is 19.1 Å². The summed E-state index contributed by atoms with van der Waals surface area (Å²) in [5.74, 6) is 1.03. The summed E-state index contributed by atoms with van der Waals surface area (Å²) >= 11 is 0. The number of methoxy groups -OCH3 is 1. The zero-order valence-electron chi connectivity index (χ0n) is 17.8. The van der Waals surface area contributed by atoms with Gasteiger partial charge in [0.1, 0.15) is 0 Å². The SMILES string of the molecule is CN=C(NCCCN1CCCC1C(=O)N(C)C)N1CC(C)C(C(=O)OC)C1.I. The Morgan fingerprint density at radius 1 is 1.29 bits per heavy atom. The van der Waals surface area contributed by atoms with Crippen molar-refractivity contribution < 1.29 is 14.3 Å². The van der Waals surface area contributed by atoms with E-state index in [-0.39, 0.29) is 53.7 Å². The number of amides is 1. The van der Waals surface area contributed by atoms with Crippen LogP contribution < -0.4 is 5.32 Å². The van der Waals surface area contributed by atoms with Crippen molar-refractivity contribution in [3.63, 3.8) is 0 Å². The summed E-state index contributed by atoms with van der Waals surface area (Å²) in [6.07, 6.45) is 2.98. The first-order valence-corrected chi connectivity index (χ1v) is 9.87. The van der Waals surface area contributed by atoms with Crippen molar-refractivity contribution >= 4 is 41.8 Å². The fraction of sp³-hybridized carbons (Fsp3) is 0.842. The highest BCUT2D eigenvalue weighted by Gasteiger charge is 2.37. The first kappa shape index (κ1) is 24.9. The van der Waals surface area contributed by atoms with E-state index in [1.807, 2.05) is 14.1 Å². The second-order valence-electron chi connectivity index (χ2n) is 7.77. The Labute approximate surface area is 186 Å². The molecular weight excluding hydrogens is 473 g/mol. The third kappa shape index (κ3) is 6.20. The number of halogens is 1. The Morgan fingerprint density at radius 3 is 2.61 bits per heavy atom. The summed E-state index contributed by atoms with van der Waals surface area (Å²) < 4.78 is 4.91. The summed E-state index contributed by atoms with van der Waals surface area (Å²) in [6.45, 7) is 6.19. The molecule has 0 aromatic carbocycles. The molecule has 0 aromatic heterocycles. The van der Waals surface area contributed by atoms with Crippen LogP contribution in [-0.4, -0.2) is 99.6 Å². The maximum absolute atomic E-state index is 12.3. The summed E-state index contributed by atoms with van der Waals surface area (Å²) in [6, 6.07) is 0.0274. The summed E-state index contributed by atoms with van der Waals surface area (Å²) in [4.78, 5) is 34.6. The lowest BCUT2D eigenvalue weighted by molar-refractivity contribution is -0.146. The zero-order valence-corrected chi connectivity index (χ0v) is 20.1. The molecule has 3 atom stereocenters. The topological polar surface area (TPSA) is 77.5 Å². The lowest BCUT2D eigenvalue weighted by Crippen LogP contribution is -2.44. The van der Waals surface area contributed by atoms with Crippen LogP contribution in [0.5, 0.6) is 0 Å². The van der Waals surface area contributed by atoms with Gasteiger partial charge in [0, 0.05) is 47.3 Å². The molecule has 28 heavy (non-hydrogen) atoms. The smallest absolute Gasteiger partial charge is 0.310 e. The van der Waals surface area contributed by atoms with Crippen molar-refractivity contribution in [1.29, 1.82) is 0 Å². The number of ether oxygens (including phenoxy) is 1. The number of nitrogens with one attached hydrogen (secondary N) is 1. The molecule has 0 aromatic rings.